The van der Waals surface area contributed by atoms with E-state index >= 15 is 0 Å². The van der Waals surface area contributed by atoms with Crippen molar-refractivity contribution in [2.24, 2.45) is 0 Å². The lowest BCUT2D eigenvalue weighted by Crippen LogP contribution is -2.57. The zero-order valence-electron chi connectivity index (χ0n) is 12.0. The SMILES string of the molecule is CCC(C)NCc1cc(N2CC(NC)C2)nc(N)n1. The lowest BCUT2D eigenvalue weighted by Gasteiger charge is -2.40. The number of nitrogens with two attached hydrogens (primary N) is 1. The Morgan fingerprint density at radius 1 is 1.47 bits per heavy atom. The molecule has 1 fully saturated rings. The van der Waals surface area contributed by atoms with Crippen molar-refractivity contribution in [2.45, 2.75) is 38.9 Å². The fourth-order valence-electron chi connectivity index (χ4n) is 2.03. The number of anilines is 2. The summed E-state index contributed by atoms with van der Waals surface area (Å²) < 4.78 is 0. The standard InChI is InChI=1S/C13H24N6/c1-4-9(2)16-6-10-5-12(18-13(14)17-10)19-7-11(8-19)15-3/h5,9,11,15-16H,4,6-8H2,1-3H3,(H2,14,17,18). The number of nitrogens with zero attached hydrogens (tertiary/aromatic N) is 3. The van der Waals surface area contributed by atoms with Gasteiger partial charge in [-0.15, -0.1) is 0 Å². The number of likely N-dealkylation sites (N-methyl/N-ethyl adjacent to an activating group) is 1. The molecule has 1 aromatic heterocycles. The second kappa shape index (κ2) is 6.16. The zero-order valence-corrected chi connectivity index (χ0v) is 12.0. The number of nitrogens with one attached hydrogen (secondary N) is 2. The van der Waals surface area contributed by atoms with Crippen LogP contribution in [0.2, 0.25) is 0 Å². The van der Waals surface area contributed by atoms with Crippen LogP contribution in [0, 0.1) is 0 Å². The molecule has 1 aliphatic rings. The minimum Gasteiger partial charge on any atom is -0.368 e. The van der Waals surface area contributed by atoms with Gasteiger partial charge in [0.25, 0.3) is 0 Å². The first kappa shape index (κ1) is 14.0. The highest BCUT2D eigenvalue weighted by Crippen LogP contribution is 2.20. The molecule has 0 amide bonds. The van der Waals surface area contributed by atoms with E-state index in [4.69, 9.17) is 5.73 Å². The van der Waals surface area contributed by atoms with Gasteiger partial charge in [-0.2, -0.15) is 4.98 Å². The largest absolute Gasteiger partial charge is 0.368 e. The van der Waals surface area contributed by atoms with E-state index in [1.165, 1.54) is 0 Å². The third kappa shape index (κ3) is 3.54. The summed E-state index contributed by atoms with van der Waals surface area (Å²) in [4.78, 5) is 10.8. The number of hydrogen-bond donors (Lipinski definition) is 3. The molecule has 2 rings (SSSR count). The van der Waals surface area contributed by atoms with Gasteiger partial charge < -0.3 is 21.3 Å². The molecular formula is C13H24N6. The lowest BCUT2D eigenvalue weighted by molar-refractivity contribution is 0.446. The molecule has 0 aromatic carbocycles. The summed E-state index contributed by atoms with van der Waals surface area (Å²) in [6.45, 7) is 7.02. The Morgan fingerprint density at radius 3 is 2.84 bits per heavy atom. The monoisotopic (exact) mass is 264 g/mol. The van der Waals surface area contributed by atoms with Gasteiger partial charge in [0.2, 0.25) is 5.95 Å². The van der Waals surface area contributed by atoms with Crippen LogP contribution in [0.25, 0.3) is 0 Å². The predicted molar refractivity (Wildman–Crippen MR) is 78.1 cm³/mol. The summed E-state index contributed by atoms with van der Waals surface area (Å²) >= 11 is 0. The van der Waals surface area contributed by atoms with E-state index in [0.717, 1.165) is 37.6 Å². The van der Waals surface area contributed by atoms with Crippen molar-refractivity contribution in [3.05, 3.63) is 11.8 Å². The Balaban J connectivity index is 1.99. The van der Waals surface area contributed by atoms with Crippen molar-refractivity contribution < 1.29 is 0 Å². The van der Waals surface area contributed by atoms with Crippen LogP contribution in [-0.4, -0.2) is 42.2 Å². The highest BCUT2D eigenvalue weighted by molar-refractivity contribution is 5.46. The molecule has 0 radical (unpaired) electrons. The normalized spacial score (nSPS) is 17.3. The maximum absolute atomic E-state index is 5.79. The molecule has 106 valence electrons. The molecule has 1 aliphatic heterocycles. The van der Waals surface area contributed by atoms with Crippen LogP contribution < -0.4 is 21.3 Å². The van der Waals surface area contributed by atoms with Crippen molar-refractivity contribution in [3.63, 3.8) is 0 Å². The van der Waals surface area contributed by atoms with Gasteiger partial charge in [0, 0.05) is 37.8 Å². The van der Waals surface area contributed by atoms with Crippen molar-refractivity contribution in [3.8, 4) is 0 Å². The average Bonchev–Trinajstić information content (AvgIpc) is 2.34. The highest BCUT2D eigenvalue weighted by atomic mass is 15.3. The van der Waals surface area contributed by atoms with Gasteiger partial charge in [0.15, 0.2) is 0 Å². The minimum atomic E-state index is 0.353. The fourth-order valence-corrected chi connectivity index (χ4v) is 2.03. The van der Waals surface area contributed by atoms with Gasteiger partial charge in [-0.1, -0.05) is 6.92 Å². The Hall–Kier alpha value is -1.40. The molecule has 19 heavy (non-hydrogen) atoms. The van der Waals surface area contributed by atoms with Crippen molar-refractivity contribution in [2.75, 3.05) is 30.8 Å². The second-order valence-electron chi connectivity index (χ2n) is 5.16. The van der Waals surface area contributed by atoms with E-state index in [1.807, 2.05) is 13.1 Å². The van der Waals surface area contributed by atoms with Gasteiger partial charge in [-0.05, 0) is 20.4 Å². The van der Waals surface area contributed by atoms with E-state index in [1.54, 1.807) is 0 Å². The van der Waals surface area contributed by atoms with E-state index in [2.05, 4.69) is 39.3 Å². The molecule has 4 N–H and O–H groups in total. The Labute approximate surface area is 114 Å². The summed E-state index contributed by atoms with van der Waals surface area (Å²) in [6.07, 6.45) is 1.10. The third-order valence-electron chi connectivity index (χ3n) is 3.64. The number of aromatic nitrogens is 2. The molecule has 1 saturated heterocycles. The van der Waals surface area contributed by atoms with Gasteiger partial charge in [0.1, 0.15) is 5.82 Å². The maximum atomic E-state index is 5.79. The van der Waals surface area contributed by atoms with Crippen LogP contribution >= 0.6 is 0 Å². The van der Waals surface area contributed by atoms with Crippen LogP contribution in [0.5, 0.6) is 0 Å². The zero-order chi connectivity index (χ0) is 13.8. The second-order valence-corrected chi connectivity index (χ2v) is 5.16. The van der Waals surface area contributed by atoms with Crippen LogP contribution in [0.4, 0.5) is 11.8 Å². The molecule has 6 heteroatoms. The van der Waals surface area contributed by atoms with Crippen LogP contribution in [0.1, 0.15) is 26.0 Å². The summed E-state index contributed by atoms with van der Waals surface area (Å²) in [5.74, 6) is 1.28. The first-order chi connectivity index (χ1) is 9.12. The van der Waals surface area contributed by atoms with E-state index in [-0.39, 0.29) is 0 Å². The number of hydrogen-bond acceptors (Lipinski definition) is 6. The molecule has 1 aromatic rings. The Morgan fingerprint density at radius 2 is 2.21 bits per heavy atom. The Kier molecular flexibility index (Phi) is 4.55. The molecule has 0 spiro atoms. The molecule has 0 saturated carbocycles. The van der Waals surface area contributed by atoms with Gasteiger partial charge in [-0.3, -0.25) is 0 Å². The van der Waals surface area contributed by atoms with Gasteiger partial charge >= 0.3 is 0 Å². The molecule has 0 aliphatic carbocycles. The topological polar surface area (TPSA) is 79.1 Å². The smallest absolute Gasteiger partial charge is 0.222 e. The molecule has 1 unspecified atom stereocenters. The van der Waals surface area contributed by atoms with Gasteiger partial charge in [-0.25, -0.2) is 4.98 Å². The molecular weight excluding hydrogens is 240 g/mol. The molecule has 6 nitrogen and oxygen atoms in total. The quantitative estimate of drug-likeness (QED) is 0.688. The third-order valence-corrected chi connectivity index (χ3v) is 3.64. The highest BCUT2D eigenvalue weighted by Gasteiger charge is 2.26. The average molecular weight is 264 g/mol. The number of nitrogen functional groups attached to an aromatic ring is 1. The van der Waals surface area contributed by atoms with Crippen LogP contribution in [0.15, 0.2) is 6.07 Å². The summed E-state index contributed by atoms with van der Waals surface area (Å²) in [6, 6.07) is 3.06. The summed E-state index contributed by atoms with van der Waals surface area (Å²) in [5, 5.41) is 6.67. The van der Waals surface area contributed by atoms with Crippen molar-refractivity contribution >= 4 is 11.8 Å². The van der Waals surface area contributed by atoms with E-state index in [0.29, 0.717) is 18.0 Å². The molecule has 2 heterocycles. The van der Waals surface area contributed by atoms with E-state index < -0.39 is 0 Å². The molecule has 0 bridgehead atoms. The predicted octanol–water partition coefficient (Wildman–Crippen LogP) is 0.355. The Bertz CT molecular complexity index is 416. The van der Waals surface area contributed by atoms with Crippen LogP contribution in [0.3, 0.4) is 0 Å². The number of rotatable bonds is 6. The van der Waals surface area contributed by atoms with Crippen molar-refractivity contribution in [1.29, 1.82) is 0 Å². The summed E-state index contributed by atoms with van der Waals surface area (Å²) in [7, 11) is 1.98. The maximum Gasteiger partial charge on any atom is 0.222 e. The summed E-state index contributed by atoms with van der Waals surface area (Å²) in [5.41, 5.74) is 6.74. The van der Waals surface area contributed by atoms with Gasteiger partial charge in [0.05, 0.1) is 5.69 Å². The first-order valence-corrected chi connectivity index (χ1v) is 6.91. The first-order valence-electron chi connectivity index (χ1n) is 6.91. The lowest BCUT2D eigenvalue weighted by atomic mass is 10.1. The minimum absolute atomic E-state index is 0.353. The van der Waals surface area contributed by atoms with Crippen molar-refractivity contribution in [1.82, 2.24) is 20.6 Å². The molecule has 1 atom stereocenters. The van der Waals surface area contributed by atoms with E-state index in [9.17, 15) is 0 Å². The fraction of sp³-hybridized carbons (Fsp3) is 0.692. The van der Waals surface area contributed by atoms with Crippen LogP contribution in [-0.2, 0) is 6.54 Å².